The van der Waals surface area contributed by atoms with Gasteiger partial charge in [0.15, 0.2) is 0 Å². The summed E-state index contributed by atoms with van der Waals surface area (Å²) in [5.41, 5.74) is 1.15. The molecule has 0 amide bonds. The Kier molecular flexibility index (Phi) is 6.87. The van der Waals surface area contributed by atoms with Gasteiger partial charge in [0.2, 0.25) is 0 Å². The van der Waals surface area contributed by atoms with Crippen molar-refractivity contribution in [2.75, 3.05) is 6.54 Å². The van der Waals surface area contributed by atoms with Gasteiger partial charge >= 0.3 is 0 Å². The van der Waals surface area contributed by atoms with Gasteiger partial charge < -0.3 is 5.32 Å². The molecule has 102 valence electrons. The smallest absolute Gasteiger partial charge is 0.124 e. The van der Waals surface area contributed by atoms with Gasteiger partial charge in [-0.25, -0.2) is 4.39 Å². The monoisotopic (exact) mass is 315 g/mol. The van der Waals surface area contributed by atoms with Crippen LogP contribution in [-0.4, -0.2) is 6.54 Å². The van der Waals surface area contributed by atoms with Gasteiger partial charge in [0.05, 0.1) is 0 Å². The Labute approximate surface area is 118 Å². The lowest BCUT2D eigenvalue weighted by Gasteiger charge is -2.20. The van der Waals surface area contributed by atoms with E-state index in [4.69, 9.17) is 0 Å². The zero-order chi connectivity index (χ0) is 13.5. The highest BCUT2D eigenvalue weighted by molar-refractivity contribution is 9.10. The number of benzene rings is 1. The molecule has 1 rings (SSSR count). The zero-order valence-electron chi connectivity index (χ0n) is 11.5. The molecular formula is C15H23BrFN. The van der Waals surface area contributed by atoms with Gasteiger partial charge in [-0.05, 0) is 36.6 Å². The molecule has 0 saturated heterocycles. The van der Waals surface area contributed by atoms with Crippen molar-refractivity contribution in [1.29, 1.82) is 0 Å². The van der Waals surface area contributed by atoms with Gasteiger partial charge in [0, 0.05) is 10.5 Å². The molecule has 0 heterocycles. The lowest BCUT2D eigenvalue weighted by Crippen LogP contribution is -2.21. The highest BCUT2D eigenvalue weighted by Gasteiger charge is 2.14. The molecule has 1 atom stereocenters. The molecule has 1 unspecified atom stereocenters. The van der Waals surface area contributed by atoms with Crippen LogP contribution in [0.4, 0.5) is 4.39 Å². The summed E-state index contributed by atoms with van der Waals surface area (Å²) in [4.78, 5) is 0. The van der Waals surface area contributed by atoms with Gasteiger partial charge in [-0.2, -0.15) is 0 Å². The summed E-state index contributed by atoms with van der Waals surface area (Å²) >= 11 is 3.46. The molecule has 18 heavy (non-hydrogen) atoms. The summed E-state index contributed by atoms with van der Waals surface area (Å²) in [6, 6.07) is 5.26. The van der Waals surface area contributed by atoms with E-state index in [0.29, 0.717) is 6.04 Å². The van der Waals surface area contributed by atoms with Crippen LogP contribution in [0.25, 0.3) is 0 Å². The fourth-order valence-electron chi connectivity index (χ4n) is 2.13. The summed E-state index contributed by atoms with van der Waals surface area (Å²) in [6.07, 6.45) is 3.52. The molecule has 0 saturated carbocycles. The zero-order valence-corrected chi connectivity index (χ0v) is 13.1. The molecule has 3 heteroatoms. The Hall–Kier alpha value is -0.410. The quantitative estimate of drug-likeness (QED) is 0.741. The van der Waals surface area contributed by atoms with Crippen LogP contribution in [0.2, 0.25) is 0 Å². The average molecular weight is 316 g/mol. The second kappa shape index (κ2) is 7.90. The molecule has 1 aromatic carbocycles. The molecule has 0 spiro atoms. The van der Waals surface area contributed by atoms with E-state index < -0.39 is 0 Å². The third-order valence-corrected chi connectivity index (χ3v) is 3.75. The number of nitrogens with one attached hydrogen (secondary N) is 1. The fourth-order valence-corrected chi connectivity index (χ4v) is 2.76. The first-order valence-corrected chi connectivity index (χ1v) is 7.52. The van der Waals surface area contributed by atoms with E-state index in [1.165, 1.54) is 18.9 Å². The van der Waals surface area contributed by atoms with E-state index in [-0.39, 0.29) is 5.82 Å². The highest BCUT2D eigenvalue weighted by atomic mass is 79.9. The largest absolute Gasteiger partial charge is 0.310 e. The molecule has 0 bridgehead atoms. The van der Waals surface area contributed by atoms with Crippen molar-refractivity contribution in [2.24, 2.45) is 5.92 Å². The lowest BCUT2D eigenvalue weighted by atomic mass is 9.98. The molecule has 0 fully saturated rings. The Morgan fingerprint density at radius 2 is 2.00 bits per heavy atom. The number of rotatable bonds is 7. The van der Waals surface area contributed by atoms with Crippen molar-refractivity contribution in [3.8, 4) is 0 Å². The third-order valence-electron chi connectivity index (χ3n) is 3.06. The molecule has 1 nitrogen and oxygen atoms in total. The molecule has 0 aliphatic carbocycles. The highest BCUT2D eigenvalue weighted by Crippen LogP contribution is 2.28. The molecule has 0 aromatic heterocycles. The first kappa shape index (κ1) is 15.6. The molecule has 0 radical (unpaired) electrons. The van der Waals surface area contributed by atoms with Crippen LogP contribution in [0, 0.1) is 11.7 Å². The fraction of sp³-hybridized carbons (Fsp3) is 0.600. The second-order valence-corrected chi connectivity index (χ2v) is 5.96. The van der Waals surface area contributed by atoms with Crippen LogP contribution < -0.4 is 5.32 Å². The SMILES string of the molecule is CCNC(CCCC(C)C)c1ccc(F)cc1Br. The Morgan fingerprint density at radius 1 is 1.28 bits per heavy atom. The minimum atomic E-state index is -0.192. The van der Waals surface area contributed by atoms with Crippen LogP contribution >= 0.6 is 15.9 Å². The van der Waals surface area contributed by atoms with Crippen molar-refractivity contribution in [3.05, 3.63) is 34.1 Å². The maximum Gasteiger partial charge on any atom is 0.124 e. The molecule has 1 N–H and O–H groups in total. The lowest BCUT2D eigenvalue weighted by molar-refractivity contribution is 0.454. The summed E-state index contributed by atoms with van der Waals surface area (Å²) in [6.45, 7) is 7.52. The van der Waals surface area contributed by atoms with Gasteiger partial charge in [-0.15, -0.1) is 0 Å². The first-order chi connectivity index (χ1) is 8.54. The minimum absolute atomic E-state index is 0.192. The van der Waals surface area contributed by atoms with Crippen molar-refractivity contribution < 1.29 is 4.39 Å². The van der Waals surface area contributed by atoms with Gasteiger partial charge in [-0.1, -0.05) is 55.6 Å². The van der Waals surface area contributed by atoms with Crippen molar-refractivity contribution >= 4 is 15.9 Å². The van der Waals surface area contributed by atoms with Crippen LogP contribution in [0.3, 0.4) is 0 Å². The van der Waals surface area contributed by atoms with E-state index in [9.17, 15) is 4.39 Å². The van der Waals surface area contributed by atoms with E-state index in [1.807, 2.05) is 6.07 Å². The van der Waals surface area contributed by atoms with Crippen molar-refractivity contribution in [3.63, 3.8) is 0 Å². The summed E-state index contributed by atoms with van der Waals surface area (Å²) in [5.74, 6) is 0.548. The van der Waals surface area contributed by atoms with E-state index in [1.54, 1.807) is 6.07 Å². The van der Waals surface area contributed by atoms with Gasteiger partial charge in [0.1, 0.15) is 5.82 Å². The van der Waals surface area contributed by atoms with Crippen molar-refractivity contribution in [2.45, 2.75) is 46.1 Å². The van der Waals surface area contributed by atoms with Crippen LogP contribution in [-0.2, 0) is 0 Å². The predicted octanol–water partition coefficient (Wildman–Crippen LogP) is 5.07. The molecule has 0 aliphatic heterocycles. The average Bonchev–Trinajstić information content (AvgIpc) is 2.28. The number of halogens is 2. The van der Waals surface area contributed by atoms with E-state index in [0.717, 1.165) is 28.9 Å². The molecule has 1 aromatic rings. The predicted molar refractivity (Wildman–Crippen MR) is 79.2 cm³/mol. The Morgan fingerprint density at radius 3 is 2.56 bits per heavy atom. The summed E-state index contributed by atoms with van der Waals surface area (Å²) in [7, 11) is 0. The summed E-state index contributed by atoms with van der Waals surface area (Å²) in [5, 5.41) is 3.48. The number of hydrogen-bond acceptors (Lipinski definition) is 1. The Bertz CT molecular complexity index is 366. The topological polar surface area (TPSA) is 12.0 Å². The molecule has 0 aliphatic rings. The normalized spacial score (nSPS) is 13.0. The Balaban J connectivity index is 2.70. The second-order valence-electron chi connectivity index (χ2n) is 5.10. The number of hydrogen-bond donors (Lipinski definition) is 1. The third kappa shape index (κ3) is 5.07. The van der Waals surface area contributed by atoms with E-state index >= 15 is 0 Å². The van der Waals surface area contributed by atoms with Gasteiger partial charge in [0.25, 0.3) is 0 Å². The molecular weight excluding hydrogens is 293 g/mol. The minimum Gasteiger partial charge on any atom is -0.310 e. The van der Waals surface area contributed by atoms with Crippen LogP contribution in [0.5, 0.6) is 0 Å². The van der Waals surface area contributed by atoms with E-state index in [2.05, 4.69) is 42.0 Å². The van der Waals surface area contributed by atoms with Crippen LogP contribution in [0.1, 0.15) is 51.6 Å². The van der Waals surface area contributed by atoms with Crippen molar-refractivity contribution in [1.82, 2.24) is 5.32 Å². The summed E-state index contributed by atoms with van der Waals surface area (Å²) < 4.78 is 14.0. The standard InChI is InChI=1S/C15H23BrFN/c1-4-18-15(7-5-6-11(2)3)13-9-8-12(17)10-14(13)16/h8-11,15,18H,4-7H2,1-3H3. The van der Waals surface area contributed by atoms with Gasteiger partial charge in [-0.3, -0.25) is 0 Å². The maximum absolute atomic E-state index is 13.1. The first-order valence-electron chi connectivity index (χ1n) is 6.73. The van der Waals surface area contributed by atoms with Crippen LogP contribution in [0.15, 0.2) is 22.7 Å². The maximum atomic E-state index is 13.1.